The zero-order valence-electron chi connectivity index (χ0n) is 11.0. The molecule has 0 atom stereocenters. The van der Waals surface area contributed by atoms with E-state index in [-0.39, 0.29) is 16.2 Å². The first-order valence-corrected chi connectivity index (χ1v) is 7.30. The topological polar surface area (TPSA) is 55.2 Å². The highest BCUT2D eigenvalue weighted by Crippen LogP contribution is 2.33. The number of benzene rings is 2. The Morgan fingerprint density at radius 1 is 1.24 bits per heavy atom. The van der Waals surface area contributed by atoms with Gasteiger partial charge in [0.15, 0.2) is 0 Å². The molecule has 0 aliphatic heterocycles. The van der Waals surface area contributed by atoms with Gasteiger partial charge in [0.25, 0.3) is 5.69 Å². The smallest absolute Gasteiger partial charge is 0.295 e. The van der Waals surface area contributed by atoms with Crippen molar-refractivity contribution < 1.29 is 9.31 Å². The summed E-state index contributed by atoms with van der Waals surface area (Å²) in [7, 11) is 0. The Kier molecular flexibility index (Phi) is 3.63. The van der Waals surface area contributed by atoms with Gasteiger partial charge in [-0.05, 0) is 46.0 Å². The second-order valence-electron chi connectivity index (χ2n) is 5.06. The number of hydrogen-bond donors (Lipinski definition) is 1. The van der Waals surface area contributed by atoms with E-state index in [1.807, 2.05) is 12.1 Å². The Balaban J connectivity index is 1.86. The van der Waals surface area contributed by atoms with E-state index in [9.17, 15) is 14.5 Å². The molecule has 2 aromatic rings. The number of nitrogens with zero attached hydrogens (tertiary/aromatic N) is 1. The number of rotatable bonds is 3. The van der Waals surface area contributed by atoms with Crippen LogP contribution in [-0.2, 0) is 12.8 Å². The minimum Gasteiger partial charge on any atom is -0.376 e. The van der Waals surface area contributed by atoms with Crippen LogP contribution in [0.2, 0.25) is 0 Å². The molecule has 6 heteroatoms. The lowest BCUT2D eigenvalue weighted by atomic mass is 10.1. The van der Waals surface area contributed by atoms with E-state index in [4.69, 9.17) is 0 Å². The van der Waals surface area contributed by atoms with E-state index in [0.29, 0.717) is 5.69 Å². The fourth-order valence-corrected chi connectivity index (χ4v) is 3.03. The third-order valence-electron chi connectivity index (χ3n) is 3.65. The van der Waals surface area contributed by atoms with Gasteiger partial charge in [-0.15, -0.1) is 0 Å². The third kappa shape index (κ3) is 2.76. The van der Waals surface area contributed by atoms with Crippen molar-refractivity contribution in [3.63, 3.8) is 0 Å². The normalized spacial score (nSPS) is 14.0. The Morgan fingerprint density at radius 2 is 1.86 bits per heavy atom. The highest BCUT2D eigenvalue weighted by atomic mass is 79.9. The molecule has 0 bridgehead atoms. The molecule has 0 radical (unpaired) electrons. The highest BCUT2D eigenvalue weighted by molar-refractivity contribution is 9.10. The number of anilines is 1. The van der Waals surface area contributed by atoms with Crippen LogP contribution < -0.4 is 5.32 Å². The summed E-state index contributed by atoms with van der Waals surface area (Å²) in [4.78, 5) is 10.5. The average molecular weight is 351 g/mol. The van der Waals surface area contributed by atoms with E-state index in [0.717, 1.165) is 18.9 Å². The number of nitro benzene ring substituents is 1. The number of fused-ring (bicyclic) bond motifs is 1. The maximum Gasteiger partial charge on any atom is 0.295 e. The van der Waals surface area contributed by atoms with Crippen molar-refractivity contribution in [3.05, 3.63) is 67.9 Å². The number of nitro groups is 1. The van der Waals surface area contributed by atoms with Crippen molar-refractivity contribution in [1.29, 1.82) is 0 Å². The van der Waals surface area contributed by atoms with Gasteiger partial charge in [-0.25, -0.2) is 4.39 Å². The van der Waals surface area contributed by atoms with Gasteiger partial charge in [-0.1, -0.05) is 24.3 Å². The first kappa shape index (κ1) is 14.0. The molecule has 0 aromatic heterocycles. The Morgan fingerprint density at radius 3 is 2.43 bits per heavy atom. The Labute approximate surface area is 129 Å². The molecule has 0 saturated heterocycles. The summed E-state index contributed by atoms with van der Waals surface area (Å²) in [5, 5.41) is 14.2. The van der Waals surface area contributed by atoms with Gasteiger partial charge in [-0.3, -0.25) is 10.1 Å². The molecule has 2 aromatic carbocycles. The van der Waals surface area contributed by atoms with Crippen LogP contribution in [0.25, 0.3) is 0 Å². The van der Waals surface area contributed by atoms with Crippen molar-refractivity contribution in [1.82, 2.24) is 0 Å². The zero-order chi connectivity index (χ0) is 15.0. The maximum absolute atomic E-state index is 13.5. The highest BCUT2D eigenvalue weighted by Gasteiger charge is 2.24. The van der Waals surface area contributed by atoms with E-state index in [1.165, 1.54) is 17.2 Å². The third-order valence-corrected chi connectivity index (χ3v) is 4.25. The average Bonchev–Trinajstić information content (AvgIpc) is 2.84. The summed E-state index contributed by atoms with van der Waals surface area (Å²) in [5.74, 6) is -0.637. The predicted molar refractivity (Wildman–Crippen MR) is 82.0 cm³/mol. The maximum atomic E-state index is 13.5. The summed E-state index contributed by atoms with van der Waals surface area (Å²) in [6.45, 7) is 0. The first-order valence-electron chi connectivity index (χ1n) is 6.51. The van der Waals surface area contributed by atoms with Crippen molar-refractivity contribution >= 4 is 27.3 Å². The summed E-state index contributed by atoms with van der Waals surface area (Å²) in [6.07, 6.45) is 1.62. The molecule has 3 rings (SSSR count). The predicted octanol–water partition coefficient (Wildman–Crippen LogP) is 4.08. The molecule has 21 heavy (non-hydrogen) atoms. The van der Waals surface area contributed by atoms with E-state index >= 15 is 0 Å². The van der Waals surface area contributed by atoms with Crippen LogP contribution in [0, 0.1) is 15.9 Å². The summed E-state index contributed by atoms with van der Waals surface area (Å²) >= 11 is 3.07. The van der Waals surface area contributed by atoms with Crippen LogP contribution >= 0.6 is 15.9 Å². The largest absolute Gasteiger partial charge is 0.376 e. The first-order chi connectivity index (χ1) is 10.0. The molecular formula is C15H12BrFN2O2. The van der Waals surface area contributed by atoms with Crippen LogP contribution in [0.1, 0.15) is 11.1 Å². The lowest BCUT2D eigenvalue weighted by Gasteiger charge is -2.14. The molecule has 4 nitrogen and oxygen atoms in total. The minimum absolute atomic E-state index is 0.0819. The summed E-state index contributed by atoms with van der Waals surface area (Å²) < 4.78 is 13.7. The SMILES string of the molecule is O=[N+]([O-])c1cc(F)c(Br)cc1NC1Cc2ccccc2C1. The van der Waals surface area contributed by atoms with Crippen molar-refractivity contribution in [2.24, 2.45) is 0 Å². The van der Waals surface area contributed by atoms with Gasteiger partial charge in [0.1, 0.15) is 11.5 Å². The van der Waals surface area contributed by atoms with Gasteiger partial charge in [-0.2, -0.15) is 0 Å². The van der Waals surface area contributed by atoms with E-state index in [1.54, 1.807) is 0 Å². The number of hydrogen-bond acceptors (Lipinski definition) is 3. The molecule has 0 heterocycles. The van der Waals surface area contributed by atoms with Crippen LogP contribution in [0.5, 0.6) is 0 Å². The molecule has 0 saturated carbocycles. The summed E-state index contributed by atoms with van der Waals surface area (Å²) in [6, 6.07) is 10.5. The van der Waals surface area contributed by atoms with Gasteiger partial charge in [0.05, 0.1) is 15.5 Å². The molecule has 108 valence electrons. The van der Waals surface area contributed by atoms with Crippen LogP contribution in [0.15, 0.2) is 40.9 Å². The fourth-order valence-electron chi connectivity index (χ4n) is 2.68. The van der Waals surface area contributed by atoms with Crippen LogP contribution in [0.4, 0.5) is 15.8 Å². The lowest BCUT2D eigenvalue weighted by Crippen LogP contribution is -2.20. The van der Waals surface area contributed by atoms with E-state index in [2.05, 4.69) is 33.4 Å². The lowest BCUT2D eigenvalue weighted by molar-refractivity contribution is -0.384. The molecule has 0 spiro atoms. The van der Waals surface area contributed by atoms with Crippen molar-refractivity contribution in [2.75, 3.05) is 5.32 Å². The molecule has 1 N–H and O–H groups in total. The standard InChI is InChI=1S/C15H12BrFN2O2/c16-12-7-14(15(19(20)21)8-13(12)17)18-11-5-9-3-1-2-4-10(9)6-11/h1-4,7-8,11,18H,5-6H2. The van der Waals surface area contributed by atoms with Crippen molar-refractivity contribution in [3.8, 4) is 0 Å². The quantitative estimate of drug-likeness (QED) is 0.670. The number of nitrogens with one attached hydrogen (secondary N) is 1. The fraction of sp³-hybridized carbons (Fsp3) is 0.200. The van der Waals surface area contributed by atoms with Gasteiger partial charge < -0.3 is 5.32 Å². The Bertz CT molecular complexity index is 696. The van der Waals surface area contributed by atoms with Crippen molar-refractivity contribution in [2.45, 2.75) is 18.9 Å². The molecule has 1 aliphatic rings. The van der Waals surface area contributed by atoms with Gasteiger partial charge >= 0.3 is 0 Å². The van der Waals surface area contributed by atoms with Crippen LogP contribution in [-0.4, -0.2) is 11.0 Å². The summed E-state index contributed by atoms with van der Waals surface area (Å²) in [5.41, 5.74) is 2.59. The molecule has 0 fully saturated rings. The second kappa shape index (κ2) is 5.44. The van der Waals surface area contributed by atoms with Gasteiger partial charge in [0.2, 0.25) is 0 Å². The molecule has 0 unspecified atom stereocenters. The van der Waals surface area contributed by atoms with E-state index < -0.39 is 10.7 Å². The molecule has 0 amide bonds. The molecular weight excluding hydrogens is 339 g/mol. The number of halogens is 2. The monoisotopic (exact) mass is 350 g/mol. The zero-order valence-corrected chi connectivity index (χ0v) is 12.6. The Hall–Kier alpha value is -1.95. The molecule has 1 aliphatic carbocycles. The second-order valence-corrected chi connectivity index (χ2v) is 5.91. The van der Waals surface area contributed by atoms with Crippen LogP contribution in [0.3, 0.4) is 0 Å². The minimum atomic E-state index is -0.637. The van der Waals surface area contributed by atoms with Gasteiger partial charge in [0, 0.05) is 6.04 Å².